The van der Waals surface area contributed by atoms with Gasteiger partial charge in [0.15, 0.2) is 6.61 Å². The summed E-state index contributed by atoms with van der Waals surface area (Å²) in [7, 11) is 0. The summed E-state index contributed by atoms with van der Waals surface area (Å²) >= 11 is 1.68. The summed E-state index contributed by atoms with van der Waals surface area (Å²) in [6.07, 6.45) is 1.02. The van der Waals surface area contributed by atoms with E-state index < -0.39 is 0 Å². The molecule has 4 heterocycles. The van der Waals surface area contributed by atoms with E-state index in [0.29, 0.717) is 37.6 Å². The Bertz CT molecular complexity index is 1110. The first-order chi connectivity index (χ1) is 15.2. The molecule has 160 valence electrons. The van der Waals surface area contributed by atoms with Crippen molar-refractivity contribution in [3.63, 3.8) is 0 Å². The third kappa shape index (κ3) is 4.23. The van der Waals surface area contributed by atoms with Gasteiger partial charge in [-0.2, -0.15) is 0 Å². The molecule has 1 amide bonds. The molecule has 6 nitrogen and oxygen atoms in total. The second-order valence-electron chi connectivity index (χ2n) is 8.22. The number of likely N-dealkylation sites (tertiary alicyclic amines) is 1. The van der Waals surface area contributed by atoms with Crippen molar-refractivity contribution in [2.24, 2.45) is 5.92 Å². The predicted octanol–water partition coefficient (Wildman–Crippen LogP) is 3.55. The lowest BCUT2D eigenvalue weighted by atomic mass is 9.83. The van der Waals surface area contributed by atoms with Crippen molar-refractivity contribution in [3.05, 3.63) is 80.9 Å². The quantitative estimate of drug-likeness (QED) is 0.643. The van der Waals surface area contributed by atoms with Crippen molar-refractivity contribution in [1.29, 1.82) is 0 Å². The number of amides is 1. The smallest absolute Gasteiger partial charge is 0.274 e. The highest BCUT2D eigenvalue weighted by Crippen LogP contribution is 2.35. The highest BCUT2D eigenvalue weighted by Gasteiger charge is 2.36. The molecule has 5 rings (SSSR count). The fourth-order valence-corrected chi connectivity index (χ4v) is 5.28. The van der Waals surface area contributed by atoms with E-state index in [9.17, 15) is 9.59 Å². The number of anilines is 1. The van der Waals surface area contributed by atoms with Crippen molar-refractivity contribution in [2.75, 3.05) is 25.0 Å². The van der Waals surface area contributed by atoms with Crippen LogP contribution in [0.15, 0.2) is 64.8 Å². The zero-order valence-electron chi connectivity index (χ0n) is 17.2. The summed E-state index contributed by atoms with van der Waals surface area (Å²) in [6.45, 7) is 2.66. The fourth-order valence-electron chi connectivity index (χ4n) is 4.63. The Balaban J connectivity index is 1.27. The molecule has 2 aromatic heterocycles. The number of carbonyl (C=O) groups is 1. The lowest BCUT2D eigenvalue weighted by Crippen LogP contribution is -2.50. The number of pyridine rings is 1. The molecule has 0 spiro atoms. The zero-order chi connectivity index (χ0) is 21.2. The average Bonchev–Trinajstić information content (AvgIpc) is 3.32. The number of aromatic nitrogens is 1. The number of carbonyl (C=O) groups excluding carboxylic acids is 1. The number of hydrogen-bond acceptors (Lipinski definition) is 5. The Kier molecular flexibility index (Phi) is 5.51. The van der Waals surface area contributed by atoms with E-state index in [-0.39, 0.29) is 29.9 Å². The molecule has 1 aromatic carbocycles. The second kappa shape index (κ2) is 8.59. The highest BCUT2D eigenvalue weighted by atomic mass is 32.1. The first-order valence-electron chi connectivity index (χ1n) is 10.6. The Morgan fingerprint density at radius 3 is 2.74 bits per heavy atom. The van der Waals surface area contributed by atoms with Gasteiger partial charge in [-0.3, -0.25) is 9.59 Å². The number of para-hydroxylation sites is 1. The van der Waals surface area contributed by atoms with Crippen LogP contribution in [0.4, 0.5) is 5.69 Å². The Labute approximate surface area is 185 Å². The van der Waals surface area contributed by atoms with E-state index in [1.807, 2.05) is 63.4 Å². The van der Waals surface area contributed by atoms with Gasteiger partial charge >= 0.3 is 0 Å². The van der Waals surface area contributed by atoms with Gasteiger partial charge in [0.05, 0.1) is 0 Å². The number of benzene rings is 1. The fraction of sp³-hybridized carbons (Fsp3) is 0.333. The lowest BCUT2D eigenvalue weighted by molar-refractivity contribution is -0.136. The molecule has 2 atom stereocenters. The van der Waals surface area contributed by atoms with Crippen LogP contribution < -0.4 is 15.6 Å². The minimum absolute atomic E-state index is 0.00332. The molecule has 2 bridgehead atoms. The maximum atomic E-state index is 13.1. The zero-order valence-corrected chi connectivity index (χ0v) is 18.0. The molecule has 1 N–H and O–H groups in total. The monoisotopic (exact) mass is 435 g/mol. The highest BCUT2D eigenvalue weighted by molar-refractivity contribution is 7.09. The van der Waals surface area contributed by atoms with Gasteiger partial charge in [-0.15, -0.1) is 11.3 Å². The Morgan fingerprint density at radius 2 is 1.94 bits per heavy atom. The minimum atomic E-state index is 0.00332. The van der Waals surface area contributed by atoms with Crippen LogP contribution in [-0.2, 0) is 17.9 Å². The molecule has 0 radical (unpaired) electrons. The van der Waals surface area contributed by atoms with Crippen LogP contribution in [0.5, 0.6) is 5.75 Å². The van der Waals surface area contributed by atoms with Crippen LogP contribution in [-0.4, -0.2) is 35.1 Å². The summed E-state index contributed by atoms with van der Waals surface area (Å²) in [6, 6.07) is 17.4. The lowest BCUT2D eigenvalue weighted by Gasteiger charge is -2.42. The maximum Gasteiger partial charge on any atom is 0.274 e. The van der Waals surface area contributed by atoms with Crippen LogP contribution >= 0.6 is 11.3 Å². The second-order valence-corrected chi connectivity index (χ2v) is 9.25. The molecular formula is C24H25N3O3S. The van der Waals surface area contributed by atoms with Gasteiger partial charge < -0.3 is 19.5 Å². The molecule has 1 saturated heterocycles. The molecule has 0 saturated carbocycles. The summed E-state index contributed by atoms with van der Waals surface area (Å²) in [4.78, 5) is 28.9. The van der Waals surface area contributed by atoms with Crippen LogP contribution in [0, 0.1) is 5.92 Å². The van der Waals surface area contributed by atoms with E-state index in [0.717, 1.165) is 12.1 Å². The SMILES string of the molecule is O=C(COc1ccccc1)N1C[C@@H]2C[C@H](C1)c1ccc(NCc3cccs3)c(=O)n1C2. The topological polar surface area (TPSA) is 63.6 Å². The molecule has 2 aliphatic rings. The molecule has 7 heteroatoms. The van der Waals surface area contributed by atoms with Gasteiger partial charge in [-0.25, -0.2) is 0 Å². The molecular weight excluding hydrogens is 410 g/mol. The third-order valence-electron chi connectivity index (χ3n) is 6.10. The first-order valence-corrected chi connectivity index (χ1v) is 11.5. The van der Waals surface area contributed by atoms with Gasteiger partial charge in [0.1, 0.15) is 11.4 Å². The van der Waals surface area contributed by atoms with E-state index in [1.54, 1.807) is 11.3 Å². The van der Waals surface area contributed by atoms with Crippen LogP contribution in [0.1, 0.15) is 22.9 Å². The summed E-state index contributed by atoms with van der Waals surface area (Å²) in [5.41, 5.74) is 1.71. The maximum absolute atomic E-state index is 13.1. The summed E-state index contributed by atoms with van der Waals surface area (Å²) in [5.74, 6) is 1.18. The van der Waals surface area contributed by atoms with E-state index in [4.69, 9.17) is 4.74 Å². The van der Waals surface area contributed by atoms with Crippen molar-refractivity contribution in [3.8, 4) is 5.75 Å². The van der Waals surface area contributed by atoms with Gasteiger partial charge in [-0.05, 0) is 48.1 Å². The normalized spacial score (nSPS) is 19.5. The summed E-state index contributed by atoms with van der Waals surface area (Å²) < 4.78 is 7.57. The number of nitrogens with zero attached hydrogens (tertiary/aromatic N) is 2. The van der Waals surface area contributed by atoms with Gasteiger partial charge in [0.25, 0.3) is 11.5 Å². The van der Waals surface area contributed by atoms with Crippen molar-refractivity contribution >= 4 is 22.9 Å². The Hall–Kier alpha value is -3.06. The first kappa shape index (κ1) is 19.9. The van der Waals surface area contributed by atoms with Crippen molar-refractivity contribution in [1.82, 2.24) is 9.47 Å². The van der Waals surface area contributed by atoms with E-state index in [1.165, 1.54) is 4.88 Å². The number of nitrogens with one attached hydrogen (secondary N) is 1. The third-order valence-corrected chi connectivity index (χ3v) is 6.97. The molecule has 1 fully saturated rings. The average molecular weight is 436 g/mol. The minimum Gasteiger partial charge on any atom is -0.484 e. The molecule has 0 aliphatic carbocycles. The predicted molar refractivity (Wildman–Crippen MR) is 122 cm³/mol. The van der Waals surface area contributed by atoms with E-state index >= 15 is 0 Å². The van der Waals surface area contributed by atoms with E-state index in [2.05, 4.69) is 11.4 Å². The van der Waals surface area contributed by atoms with Gasteiger partial charge in [0, 0.05) is 42.7 Å². The van der Waals surface area contributed by atoms with Gasteiger partial charge in [0.2, 0.25) is 0 Å². The molecule has 3 aromatic rings. The Morgan fingerprint density at radius 1 is 1.06 bits per heavy atom. The van der Waals surface area contributed by atoms with Crippen molar-refractivity contribution < 1.29 is 9.53 Å². The molecule has 2 aliphatic heterocycles. The molecule has 31 heavy (non-hydrogen) atoms. The van der Waals surface area contributed by atoms with Gasteiger partial charge in [-0.1, -0.05) is 24.3 Å². The number of piperidine rings is 1. The van der Waals surface area contributed by atoms with Crippen LogP contribution in [0.2, 0.25) is 0 Å². The number of thiophene rings is 1. The standard InChI is InChI=1S/C24H25N3O3S/c28-23(16-30-19-5-2-1-3-6-19)26-13-17-11-18(15-26)22-9-8-21(24(29)27(22)14-17)25-12-20-7-4-10-31-20/h1-10,17-18,25H,11-16H2/t17-,18+/m0/s1. The van der Waals surface area contributed by atoms with Crippen LogP contribution in [0.25, 0.3) is 0 Å². The number of rotatable bonds is 6. The van der Waals surface area contributed by atoms with Crippen LogP contribution in [0.3, 0.4) is 0 Å². The van der Waals surface area contributed by atoms with Crippen molar-refractivity contribution in [2.45, 2.75) is 25.4 Å². The molecule has 0 unspecified atom stereocenters. The largest absolute Gasteiger partial charge is 0.484 e. The number of ether oxygens (including phenoxy) is 1. The summed E-state index contributed by atoms with van der Waals surface area (Å²) in [5, 5.41) is 5.32. The number of fused-ring (bicyclic) bond motifs is 4. The number of hydrogen-bond donors (Lipinski definition) is 1.